The molecule has 1 aromatic heterocycles. The van der Waals surface area contributed by atoms with Crippen LogP contribution in [0.5, 0.6) is 0 Å². The monoisotopic (exact) mass is 356 g/mol. The number of hydrogen-bond donors (Lipinski definition) is 2. The highest BCUT2D eigenvalue weighted by atomic mass is 16.2. The van der Waals surface area contributed by atoms with E-state index in [1.807, 2.05) is 42.8 Å². The van der Waals surface area contributed by atoms with Crippen molar-refractivity contribution in [2.75, 3.05) is 0 Å². The van der Waals surface area contributed by atoms with Gasteiger partial charge < -0.3 is 11.1 Å². The summed E-state index contributed by atoms with van der Waals surface area (Å²) in [6.45, 7) is 4.54. The number of carbonyl (C=O) groups excluding carboxylic acids is 2. The van der Waals surface area contributed by atoms with Crippen LogP contribution in [0, 0.1) is 11.8 Å². The van der Waals surface area contributed by atoms with Crippen LogP contribution in [0.3, 0.4) is 0 Å². The van der Waals surface area contributed by atoms with Gasteiger partial charge >= 0.3 is 0 Å². The van der Waals surface area contributed by atoms with Crippen LogP contribution in [-0.4, -0.2) is 27.6 Å². The van der Waals surface area contributed by atoms with Gasteiger partial charge in [-0.05, 0) is 30.7 Å². The van der Waals surface area contributed by atoms with E-state index in [0.717, 1.165) is 17.4 Å². The summed E-state index contributed by atoms with van der Waals surface area (Å²) < 4.78 is 1.95. The number of nitrogens with one attached hydrogen (secondary N) is 1. The first-order valence-corrected chi connectivity index (χ1v) is 9.53. The second-order valence-electron chi connectivity index (χ2n) is 7.65. The van der Waals surface area contributed by atoms with Crippen molar-refractivity contribution in [3.8, 4) is 0 Å². The first kappa shape index (κ1) is 18.4. The van der Waals surface area contributed by atoms with Gasteiger partial charge in [0.25, 0.3) is 5.91 Å². The summed E-state index contributed by atoms with van der Waals surface area (Å²) in [4.78, 5) is 24.4. The largest absolute Gasteiger partial charge is 0.368 e. The number of aromatic nitrogens is 2. The Morgan fingerprint density at radius 2 is 1.92 bits per heavy atom. The van der Waals surface area contributed by atoms with Gasteiger partial charge in [0.1, 0.15) is 6.04 Å². The molecule has 2 aromatic rings. The second kappa shape index (κ2) is 7.89. The number of benzene rings is 1. The molecule has 0 saturated heterocycles. The standard InChI is InChI=1S/C20H28N4O2/c1-13(2)17(19(21)25)22-20(26)18-15-10-6-7-11-16(15)24(23-18)12-14-8-4-3-5-9-14/h6-7,10-11,13-14,17H,3-5,8-9,12H2,1-2H3,(H2,21,25)(H,22,26). The van der Waals surface area contributed by atoms with E-state index in [1.165, 1.54) is 32.1 Å². The molecule has 1 aliphatic rings. The summed E-state index contributed by atoms with van der Waals surface area (Å²) in [6.07, 6.45) is 6.28. The van der Waals surface area contributed by atoms with Crippen LogP contribution in [0.25, 0.3) is 10.9 Å². The lowest BCUT2D eigenvalue weighted by atomic mass is 9.89. The zero-order valence-corrected chi connectivity index (χ0v) is 15.6. The molecular formula is C20H28N4O2. The average molecular weight is 356 g/mol. The molecule has 1 aliphatic carbocycles. The molecule has 26 heavy (non-hydrogen) atoms. The van der Waals surface area contributed by atoms with Gasteiger partial charge in [0, 0.05) is 11.9 Å². The molecule has 1 unspecified atom stereocenters. The Hall–Kier alpha value is -2.37. The van der Waals surface area contributed by atoms with E-state index in [9.17, 15) is 9.59 Å². The summed E-state index contributed by atoms with van der Waals surface area (Å²) in [6, 6.07) is 7.06. The van der Waals surface area contributed by atoms with Gasteiger partial charge in [0.2, 0.25) is 5.91 Å². The van der Waals surface area contributed by atoms with E-state index in [0.29, 0.717) is 11.6 Å². The summed E-state index contributed by atoms with van der Waals surface area (Å²) >= 11 is 0. The van der Waals surface area contributed by atoms with E-state index in [4.69, 9.17) is 5.73 Å². The van der Waals surface area contributed by atoms with Crippen LogP contribution in [-0.2, 0) is 11.3 Å². The van der Waals surface area contributed by atoms with Crippen LogP contribution in [0.4, 0.5) is 0 Å². The minimum absolute atomic E-state index is 0.0768. The van der Waals surface area contributed by atoms with E-state index in [2.05, 4.69) is 10.4 Å². The third-order valence-electron chi connectivity index (χ3n) is 5.29. The first-order chi connectivity index (χ1) is 12.5. The summed E-state index contributed by atoms with van der Waals surface area (Å²) in [5.74, 6) is -0.343. The van der Waals surface area contributed by atoms with Gasteiger partial charge in [-0.2, -0.15) is 5.10 Å². The molecule has 1 atom stereocenters. The lowest BCUT2D eigenvalue weighted by Crippen LogP contribution is -2.47. The van der Waals surface area contributed by atoms with E-state index in [1.54, 1.807) is 0 Å². The van der Waals surface area contributed by atoms with E-state index < -0.39 is 11.9 Å². The first-order valence-electron chi connectivity index (χ1n) is 9.53. The molecule has 0 bridgehead atoms. The summed E-state index contributed by atoms with van der Waals surface area (Å²) in [5.41, 5.74) is 6.75. The molecule has 6 nitrogen and oxygen atoms in total. The third kappa shape index (κ3) is 3.89. The number of amides is 2. The minimum atomic E-state index is -0.704. The predicted molar refractivity (Wildman–Crippen MR) is 102 cm³/mol. The van der Waals surface area contributed by atoms with Gasteiger partial charge in [-0.25, -0.2) is 0 Å². The van der Waals surface area contributed by atoms with Crippen LogP contribution in [0.2, 0.25) is 0 Å². The lowest BCUT2D eigenvalue weighted by Gasteiger charge is -2.21. The molecule has 1 saturated carbocycles. The van der Waals surface area contributed by atoms with Crippen molar-refractivity contribution in [1.82, 2.24) is 15.1 Å². The maximum Gasteiger partial charge on any atom is 0.273 e. The molecule has 3 rings (SSSR count). The van der Waals surface area contributed by atoms with Gasteiger partial charge in [-0.15, -0.1) is 0 Å². The van der Waals surface area contributed by atoms with Crippen LogP contribution < -0.4 is 11.1 Å². The number of rotatable bonds is 6. The smallest absolute Gasteiger partial charge is 0.273 e. The fourth-order valence-corrected chi connectivity index (χ4v) is 3.82. The van der Waals surface area contributed by atoms with Crippen molar-refractivity contribution in [1.29, 1.82) is 0 Å². The molecule has 2 amide bonds. The van der Waals surface area contributed by atoms with Crippen molar-refractivity contribution in [3.63, 3.8) is 0 Å². The molecule has 140 valence electrons. The van der Waals surface area contributed by atoms with E-state index in [-0.39, 0.29) is 11.8 Å². The highest BCUT2D eigenvalue weighted by Gasteiger charge is 2.26. The van der Waals surface area contributed by atoms with Crippen LogP contribution in [0.1, 0.15) is 56.4 Å². The Morgan fingerprint density at radius 3 is 2.58 bits per heavy atom. The zero-order valence-electron chi connectivity index (χ0n) is 15.6. The fourth-order valence-electron chi connectivity index (χ4n) is 3.82. The second-order valence-corrected chi connectivity index (χ2v) is 7.65. The van der Waals surface area contributed by atoms with Crippen LogP contribution in [0.15, 0.2) is 24.3 Å². The van der Waals surface area contributed by atoms with Crippen molar-refractivity contribution in [2.24, 2.45) is 17.6 Å². The molecule has 0 aliphatic heterocycles. The summed E-state index contributed by atoms with van der Waals surface area (Å²) in [5, 5.41) is 8.17. The Kier molecular flexibility index (Phi) is 5.59. The average Bonchev–Trinajstić information content (AvgIpc) is 2.99. The van der Waals surface area contributed by atoms with Gasteiger partial charge in [0.15, 0.2) is 5.69 Å². The number of hydrogen-bond acceptors (Lipinski definition) is 3. The molecule has 1 fully saturated rings. The Balaban J connectivity index is 1.88. The molecule has 0 radical (unpaired) electrons. The maximum atomic E-state index is 12.8. The highest BCUT2D eigenvalue weighted by Crippen LogP contribution is 2.27. The minimum Gasteiger partial charge on any atom is -0.368 e. The SMILES string of the molecule is CC(C)C(NC(=O)c1nn(CC2CCCCC2)c2ccccc12)C(N)=O. The van der Waals surface area contributed by atoms with Crippen molar-refractivity contribution in [3.05, 3.63) is 30.0 Å². The number of fused-ring (bicyclic) bond motifs is 1. The normalized spacial score (nSPS) is 16.7. The lowest BCUT2D eigenvalue weighted by molar-refractivity contribution is -0.120. The number of para-hydroxylation sites is 1. The van der Waals surface area contributed by atoms with Crippen molar-refractivity contribution < 1.29 is 9.59 Å². The number of primary amides is 1. The molecule has 6 heteroatoms. The summed E-state index contributed by atoms with van der Waals surface area (Å²) in [7, 11) is 0. The fraction of sp³-hybridized carbons (Fsp3) is 0.550. The van der Waals surface area contributed by atoms with Gasteiger partial charge in [-0.3, -0.25) is 14.3 Å². The molecule has 1 heterocycles. The predicted octanol–water partition coefficient (Wildman–Crippen LogP) is 2.86. The molecule has 0 spiro atoms. The Bertz CT molecular complexity index is 790. The van der Waals surface area contributed by atoms with Crippen LogP contribution >= 0.6 is 0 Å². The van der Waals surface area contributed by atoms with Gasteiger partial charge in [0.05, 0.1) is 5.52 Å². The van der Waals surface area contributed by atoms with Crippen molar-refractivity contribution >= 4 is 22.7 Å². The van der Waals surface area contributed by atoms with E-state index >= 15 is 0 Å². The quantitative estimate of drug-likeness (QED) is 0.834. The molecule has 1 aromatic carbocycles. The zero-order chi connectivity index (χ0) is 18.7. The maximum absolute atomic E-state index is 12.8. The molecule has 3 N–H and O–H groups in total. The Labute approximate surface area is 154 Å². The number of carbonyl (C=O) groups is 2. The number of nitrogens with two attached hydrogens (primary N) is 1. The van der Waals surface area contributed by atoms with Crippen molar-refractivity contribution in [2.45, 2.75) is 58.5 Å². The Morgan fingerprint density at radius 1 is 1.23 bits per heavy atom. The molecular weight excluding hydrogens is 328 g/mol. The topological polar surface area (TPSA) is 90.0 Å². The third-order valence-corrected chi connectivity index (χ3v) is 5.29. The number of nitrogens with zero attached hydrogens (tertiary/aromatic N) is 2. The highest BCUT2D eigenvalue weighted by molar-refractivity contribution is 6.06. The van der Waals surface area contributed by atoms with Gasteiger partial charge in [-0.1, -0.05) is 51.3 Å².